The van der Waals surface area contributed by atoms with Crippen LogP contribution in [0, 0.1) is 0 Å². The Morgan fingerprint density at radius 2 is 1.20 bits per heavy atom. The number of rotatable bonds is 4. The van der Waals surface area contributed by atoms with E-state index in [1.54, 1.807) is 0 Å². The van der Waals surface area contributed by atoms with Crippen LogP contribution in [0.4, 0.5) is 0 Å². The van der Waals surface area contributed by atoms with Crippen molar-refractivity contribution in [3.63, 3.8) is 0 Å². The summed E-state index contributed by atoms with van der Waals surface area (Å²) < 4.78 is 4.62. The summed E-state index contributed by atoms with van der Waals surface area (Å²) in [5.74, 6) is 0.886. The van der Waals surface area contributed by atoms with Gasteiger partial charge < -0.3 is 4.57 Å². The average molecular weight is 567 g/mol. The molecule has 0 unspecified atom stereocenters. The van der Waals surface area contributed by atoms with Crippen molar-refractivity contribution in [3.05, 3.63) is 144 Å². The third kappa shape index (κ3) is 3.99. The van der Waals surface area contributed by atoms with E-state index in [0.717, 1.165) is 65.0 Å². The molecule has 3 heterocycles. The Morgan fingerprint density at radius 3 is 1.95 bits per heavy atom. The highest BCUT2D eigenvalue weighted by atomic mass is 15.1. The number of hydrogen-bond donors (Lipinski definition) is 0. The molecule has 3 aromatic heterocycles. The molecule has 0 radical (unpaired) electrons. The van der Waals surface area contributed by atoms with Crippen molar-refractivity contribution in [3.8, 4) is 33.9 Å². The molecule has 0 saturated carbocycles. The SMILES string of the molecule is C1=Cc2c(c3c(n2-c2ccc(-c4nc5cc(-c6ccc7ccccc7c6)cnc5n4-c4ccccc4)cc2)C=CCC3)CC1. The van der Waals surface area contributed by atoms with E-state index in [0.29, 0.717) is 0 Å². The lowest BCUT2D eigenvalue weighted by atomic mass is 9.94. The predicted octanol–water partition coefficient (Wildman–Crippen LogP) is 9.62. The fourth-order valence-electron chi connectivity index (χ4n) is 7.01. The quantitative estimate of drug-likeness (QED) is 0.213. The first-order chi connectivity index (χ1) is 21.8. The number of aromatic nitrogens is 4. The zero-order chi connectivity index (χ0) is 29.0. The van der Waals surface area contributed by atoms with Crippen molar-refractivity contribution in [2.75, 3.05) is 0 Å². The van der Waals surface area contributed by atoms with Crippen LogP contribution in [0.25, 0.3) is 68.0 Å². The summed E-state index contributed by atoms with van der Waals surface area (Å²) >= 11 is 0. The zero-order valence-electron chi connectivity index (χ0n) is 24.3. The van der Waals surface area contributed by atoms with Gasteiger partial charge in [-0.15, -0.1) is 0 Å². The van der Waals surface area contributed by atoms with Crippen LogP contribution in [0.1, 0.15) is 35.4 Å². The number of nitrogens with zero attached hydrogens (tertiary/aromatic N) is 4. The molecule has 0 atom stereocenters. The normalized spacial score (nSPS) is 13.8. The molecule has 9 rings (SSSR count). The second-order valence-electron chi connectivity index (χ2n) is 11.7. The van der Waals surface area contributed by atoms with E-state index >= 15 is 0 Å². The number of para-hydroxylation sites is 1. The highest BCUT2D eigenvalue weighted by Gasteiger charge is 2.24. The van der Waals surface area contributed by atoms with E-state index in [-0.39, 0.29) is 0 Å². The molecule has 0 bridgehead atoms. The van der Waals surface area contributed by atoms with E-state index in [9.17, 15) is 0 Å². The molecule has 0 fully saturated rings. The molecule has 0 saturated heterocycles. The van der Waals surface area contributed by atoms with Gasteiger partial charge in [0, 0.05) is 40.1 Å². The molecule has 4 heteroatoms. The summed E-state index contributed by atoms with van der Waals surface area (Å²) in [4.78, 5) is 10.2. The zero-order valence-corrected chi connectivity index (χ0v) is 24.3. The van der Waals surface area contributed by atoms with Gasteiger partial charge in [-0.2, -0.15) is 0 Å². The first kappa shape index (κ1) is 25.1. The van der Waals surface area contributed by atoms with Gasteiger partial charge in [0.25, 0.3) is 0 Å². The van der Waals surface area contributed by atoms with Crippen molar-refractivity contribution in [2.24, 2.45) is 0 Å². The van der Waals surface area contributed by atoms with Gasteiger partial charge in [0.2, 0.25) is 0 Å². The molecular formula is C40H30N4. The number of allylic oxidation sites excluding steroid dienone is 2. The van der Waals surface area contributed by atoms with Crippen molar-refractivity contribution in [1.29, 1.82) is 0 Å². The van der Waals surface area contributed by atoms with Gasteiger partial charge in [-0.25, -0.2) is 9.97 Å². The highest BCUT2D eigenvalue weighted by molar-refractivity contribution is 5.89. The Bertz CT molecular complexity index is 2220. The number of imidazole rings is 1. The Balaban J connectivity index is 1.17. The molecule has 4 aromatic carbocycles. The van der Waals surface area contributed by atoms with E-state index in [4.69, 9.17) is 9.97 Å². The number of hydrogen-bond acceptors (Lipinski definition) is 2. The van der Waals surface area contributed by atoms with E-state index < -0.39 is 0 Å². The summed E-state index contributed by atoms with van der Waals surface area (Å²) in [6, 6.07) is 36.5. The second kappa shape index (κ2) is 10.1. The lowest BCUT2D eigenvalue weighted by molar-refractivity contribution is 0.922. The van der Waals surface area contributed by atoms with Gasteiger partial charge in [-0.05, 0) is 114 Å². The van der Waals surface area contributed by atoms with Gasteiger partial charge >= 0.3 is 0 Å². The molecule has 0 aliphatic heterocycles. The van der Waals surface area contributed by atoms with Crippen molar-refractivity contribution in [2.45, 2.75) is 25.7 Å². The minimum atomic E-state index is 0.851. The van der Waals surface area contributed by atoms with Crippen molar-refractivity contribution < 1.29 is 0 Å². The van der Waals surface area contributed by atoms with Gasteiger partial charge in [0.05, 0.1) is 0 Å². The fraction of sp³-hybridized carbons (Fsp3) is 0.100. The Hall–Kier alpha value is -5.48. The number of fused-ring (bicyclic) bond motifs is 5. The van der Waals surface area contributed by atoms with Gasteiger partial charge in [0.15, 0.2) is 5.65 Å². The predicted molar refractivity (Wildman–Crippen MR) is 181 cm³/mol. The Morgan fingerprint density at radius 1 is 0.545 bits per heavy atom. The summed E-state index contributed by atoms with van der Waals surface area (Å²) in [5, 5.41) is 2.45. The van der Waals surface area contributed by atoms with Crippen molar-refractivity contribution in [1.82, 2.24) is 19.1 Å². The second-order valence-corrected chi connectivity index (χ2v) is 11.7. The summed E-state index contributed by atoms with van der Waals surface area (Å²) in [5.41, 5.74) is 12.9. The molecule has 0 spiro atoms. The van der Waals surface area contributed by atoms with Gasteiger partial charge in [0.1, 0.15) is 11.3 Å². The van der Waals surface area contributed by atoms with Crippen LogP contribution in [0.5, 0.6) is 0 Å². The molecule has 0 amide bonds. The van der Waals surface area contributed by atoms with Crippen LogP contribution in [-0.2, 0) is 12.8 Å². The summed E-state index contributed by atoms with van der Waals surface area (Å²) in [6.07, 6.45) is 15.7. The van der Waals surface area contributed by atoms with Crippen molar-refractivity contribution >= 4 is 34.1 Å². The molecule has 44 heavy (non-hydrogen) atoms. The van der Waals surface area contributed by atoms with Crippen LogP contribution in [0.15, 0.2) is 121 Å². The van der Waals surface area contributed by atoms with Crippen LogP contribution in [0.2, 0.25) is 0 Å². The minimum absolute atomic E-state index is 0.851. The van der Waals surface area contributed by atoms with E-state index in [2.05, 4.69) is 131 Å². The maximum Gasteiger partial charge on any atom is 0.164 e. The van der Waals surface area contributed by atoms with Gasteiger partial charge in [-0.3, -0.25) is 4.57 Å². The third-order valence-electron chi connectivity index (χ3n) is 9.12. The molecule has 210 valence electrons. The topological polar surface area (TPSA) is 35.6 Å². The van der Waals surface area contributed by atoms with Gasteiger partial charge in [-0.1, -0.05) is 66.7 Å². The fourth-order valence-corrected chi connectivity index (χ4v) is 7.01. The molecule has 2 aliphatic carbocycles. The van der Waals surface area contributed by atoms with Crippen LogP contribution in [0.3, 0.4) is 0 Å². The monoisotopic (exact) mass is 566 g/mol. The molecule has 2 aliphatic rings. The number of pyridine rings is 1. The smallest absolute Gasteiger partial charge is 0.164 e. The Kier molecular flexibility index (Phi) is 5.73. The minimum Gasteiger partial charge on any atom is -0.310 e. The standard InChI is InChI=1S/C40H30N4/c1-2-12-32(13-3-1)44-39(42-36-25-31(26-41-40(36)44)30-19-18-27-10-4-5-11-29(27)24-30)28-20-22-33(23-21-28)43-37-16-8-6-14-34(37)35-15-7-9-17-38(35)43/h1-5,8-13,16-26H,6-7,14-15H2. The molecule has 7 aromatic rings. The largest absolute Gasteiger partial charge is 0.310 e. The Labute approximate surface area is 256 Å². The highest BCUT2D eigenvalue weighted by Crippen LogP contribution is 2.37. The van der Waals surface area contributed by atoms with E-state index in [1.807, 2.05) is 12.3 Å². The third-order valence-corrected chi connectivity index (χ3v) is 9.12. The average Bonchev–Trinajstić information content (AvgIpc) is 3.64. The maximum atomic E-state index is 5.21. The lowest BCUT2D eigenvalue weighted by Crippen LogP contribution is -2.03. The van der Waals surface area contributed by atoms with Crippen LogP contribution >= 0.6 is 0 Å². The first-order valence-corrected chi connectivity index (χ1v) is 15.5. The van der Waals surface area contributed by atoms with Crippen LogP contribution in [-0.4, -0.2) is 19.1 Å². The molecule has 0 N–H and O–H groups in total. The summed E-state index contributed by atoms with van der Waals surface area (Å²) in [6.45, 7) is 0. The first-order valence-electron chi connectivity index (χ1n) is 15.5. The maximum absolute atomic E-state index is 5.21. The van der Waals surface area contributed by atoms with E-state index in [1.165, 1.54) is 39.0 Å². The molecule has 4 nitrogen and oxygen atoms in total. The summed E-state index contributed by atoms with van der Waals surface area (Å²) in [7, 11) is 0. The molecular weight excluding hydrogens is 536 g/mol. The number of benzene rings is 4. The van der Waals surface area contributed by atoms with Crippen LogP contribution < -0.4 is 0 Å². The lowest BCUT2D eigenvalue weighted by Gasteiger charge is -2.14.